The second-order valence-electron chi connectivity index (χ2n) is 6.97. The summed E-state index contributed by atoms with van der Waals surface area (Å²) >= 11 is 0. The Morgan fingerprint density at radius 3 is 2.61 bits per heavy atom. The largest absolute Gasteiger partial charge is 0.356 e. The molecule has 0 aliphatic heterocycles. The predicted octanol–water partition coefficient (Wildman–Crippen LogP) is 2.06. The molecule has 3 atom stereocenters. The Labute approximate surface area is 110 Å². The Hall–Kier alpha value is -0.570. The monoisotopic (exact) mass is 250 g/mol. The maximum atomic E-state index is 12.0. The van der Waals surface area contributed by atoms with Gasteiger partial charge in [0.1, 0.15) is 0 Å². The van der Waals surface area contributed by atoms with Crippen molar-refractivity contribution in [3.05, 3.63) is 0 Å². The highest BCUT2D eigenvalue weighted by Gasteiger charge is 2.40. The lowest BCUT2D eigenvalue weighted by Gasteiger charge is -2.40. The normalized spacial score (nSPS) is 36.4. The summed E-state index contributed by atoms with van der Waals surface area (Å²) in [6.07, 6.45) is 9.81. The van der Waals surface area contributed by atoms with E-state index in [1.54, 1.807) is 0 Å². The molecule has 3 rings (SSSR count). The van der Waals surface area contributed by atoms with Gasteiger partial charge in [0.25, 0.3) is 0 Å². The molecule has 3 fully saturated rings. The quantitative estimate of drug-likeness (QED) is 0.784. The molecule has 18 heavy (non-hydrogen) atoms. The van der Waals surface area contributed by atoms with Gasteiger partial charge in [0.2, 0.25) is 5.91 Å². The van der Waals surface area contributed by atoms with E-state index in [1.807, 2.05) is 0 Å². The van der Waals surface area contributed by atoms with E-state index in [0.717, 1.165) is 37.1 Å². The molecule has 0 radical (unpaired) electrons. The van der Waals surface area contributed by atoms with E-state index in [-0.39, 0.29) is 11.3 Å². The lowest BCUT2D eigenvalue weighted by molar-refractivity contribution is -0.125. The molecule has 3 N–H and O–H groups in total. The van der Waals surface area contributed by atoms with Crippen molar-refractivity contribution in [2.75, 3.05) is 13.1 Å². The molecule has 3 aliphatic rings. The fourth-order valence-corrected chi connectivity index (χ4v) is 4.40. The van der Waals surface area contributed by atoms with Crippen LogP contribution in [0.1, 0.15) is 51.4 Å². The molecular formula is C15H26N2O. The molecule has 3 nitrogen and oxygen atoms in total. The Balaban J connectivity index is 1.42. The fourth-order valence-electron chi connectivity index (χ4n) is 4.40. The minimum absolute atomic E-state index is 0.152. The van der Waals surface area contributed by atoms with Crippen molar-refractivity contribution in [2.45, 2.75) is 51.4 Å². The van der Waals surface area contributed by atoms with Crippen LogP contribution in [-0.4, -0.2) is 19.0 Å². The standard InChI is InChI=1S/C15H26N2O/c16-10-15(4-1-5-15)8-14(18)17-9-13-7-11-2-3-12(13)6-11/h11-13H,1-10,16H2,(H,17,18). The summed E-state index contributed by atoms with van der Waals surface area (Å²) in [6, 6.07) is 0. The summed E-state index contributed by atoms with van der Waals surface area (Å²) in [5.74, 6) is 2.88. The number of nitrogens with one attached hydrogen (secondary N) is 1. The lowest BCUT2D eigenvalue weighted by atomic mass is 9.66. The Bertz CT molecular complexity index is 319. The molecule has 0 aromatic rings. The lowest BCUT2D eigenvalue weighted by Crippen LogP contribution is -2.43. The van der Waals surface area contributed by atoms with Crippen molar-refractivity contribution >= 4 is 5.91 Å². The zero-order valence-electron chi connectivity index (χ0n) is 11.3. The molecule has 3 aliphatic carbocycles. The number of nitrogens with two attached hydrogens (primary N) is 1. The molecule has 3 heteroatoms. The van der Waals surface area contributed by atoms with E-state index < -0.39 is 0 Å². The third-order valence-electron chi connectivity index (χ3n) is 5.83. The van der Waals surface area contributed by atoms with Gasteiger partial charge >= 0.3 is 0 Å². The van der Waals surface area contributed by atoms with Crippen molar-refractivity contribution in [3.63, 3.8) is 0 Å². The molecule has 0 aromatic carbocycles. The van der Waals surface area contributed by atoms with Gasteiger partial charge in [-0.1, -0.05) is 12.8 Å². The van der Waals surface area contributed by atoms with Crippen LogP contribution in [0.4, 0.5) is 0 Å². The van der Waals surface area contributed by atoms with E-state index in [1.165, 1.54) is 32.1 Å². The number of carbonyl (C=O) groups is 1. The Kier molecular flexibility index (Phi) is 3.35. The maximum absolute atomic E-state index is 12.0. The van der Waals surface area contributed by atoms with E-state index >= 15 is 0 Å². The molecule has 3 saturated carbocycles. The molecule has 0 aromatic heterocycles. The number of fused-ring (bicyclic) bond motifs is 2. The van der Waals surface area contributed by atoms with Crippen LogP contribution in [0.3, 0.4) is 0 Å². The van der Waals surface area contributed by atoms with Crippen molar-refractivity contribution in [3.8, 4) is 0 Å². The minimum atomic E-state index is 0.152. The Morgan fingerprint density at radius 1 is 1.28 bits per heavy atom. The number of amides is 1. The smallest absolute Gasteiger partial charge is 0.220 e. The molecule has 0 spiro atoms. The van der Waals surface area contributed by atoms with E-state index in [4.69, 9.17) is 5.73 Å². The third-order valence-corrected chi connectivity index (χ3v) is 5.83. The highest BCUT2D eigenvalue weighted by Crippen LogP contribution is 2.48. The summed E-state index contributed by atoms with van der Waals surface area (Å²) in [7, 11) is 0. The summed E-state index contributed by atoms with van der Waals surface area (Å²) in [5.41, 5.74) is 5.96. The molecule has 102 valence electrons. The zero-order valence-corrected chi connectivity index (χ0v) is 11.3. The van der Waals surface area contributed by atoms with Crippen LogP contribution in [-0.2, 0) is 4.79 Å². The zero-order chi connectivity index (χ0) is 12.6. The maximum Gasteiger partial charge on any atom is 0.220 e. The van der Waals surface area contributed by atoms with Gasteiger partial charge in [-0.3, -0.25) is 4.79 Å². The fraction of sp³-hybridized carbons (Fsp3) is 0.933. The molecule has 0 saturated heterocycles. The summed E-state index contributed by atoms with van der Waals surface area (Å²) < 4.78 is 0. The van der Waals surface area contributed by atoms with Gasteiger partial charge in [0.15, 0.2) is 0 Å². The van der Waals surface area contributed by atoms with Crippen LogP contribution >= 0.6 is 0 Å². The first-order valence-corrected chi connectivity index (χ1v) is 7.67. The first-order chi connectivity index (χ1) is 8.71. The number of rotatable bonds is 5. The van der Waals surface area contributed by atoms with Crippen LogP contribution < -0.4 is 11.1 Å². The average Bonchev–Trinajstić information content (AvgIpc) is 2.93. The molecule has 0 heterocycles. The highest BCUT2D eigenvalue weighted by atomic mass is 16.1. The highest BCUT2D eigenvalue weighted by molar-refractivity contribution is 5.76. The van der Waals surface area contributed by atoms with Gasteiger partial charge in [0.05, 0.1) is 0 Å². The second kappa shape index (κ2) is 4.84. The van der Waals surface area contributed by atoms with Gasteiger partial charge in [0, 0.05) is 13.0 Å². The summed E-state index contributed by atoms with van der Waals surface area (Å²) in [5, 5.41) is 3.17. The van der Waals surface area contributed by atoms with Gasteiger partial charge in [-0.25, -0.2) is 0 Å². The topological polar surface area (TPSA) is 55.1 Å². The van der Waals surface area contributed by atoms with Gasteiger partial charge in [-0.15, -0.1) is 0 Å². The molecule has 3 unspecified atom stereocenters. The van der Waals surface area contributed by atoms with Gasteiger partial charge in [-0.2, -0.15) is 0 Å². The Morgan fingerprint density at radius 2 is 2.11 bits per heavy atom. The summed E-state index contributed by atoms with van der Waals surface area (Å²) in [6.45, 7) is 1.59. The minimum Gasteiger partial charge on any atom is -0.356 e. The van der Waals surface area contributed by atoms with Crippen LogP contribution in [0.5, 0.6) is 0 Å². The molecular weight excluding hydrogens is 224 g/mol. The molecule has 1 amide bonds. The predicted molar refractivity (Wildman–Crippen MR) is 71.9 cm³/mol. The third kappa shape index (κ3) is 2.29. The number of hydrogen-bond acceptors (Lipinski definition) is 2. The molecule has 2 bridgehead atoms. The van der Waals surface area contributed by atoms with Crippen LogP contribution in [0.15, 0.2) is 0 Å². The summed E-state index contributed by atoms with van der Waals surface area (Å²) in [4.78, 5) is 12.0. The number of carbonyl (C=O) groups excluding carboxylic acids is 1. The first kappa shape index (κ1) is 12.5. The van der Waals surface area contributed by atoms with Crippen molar-refractivity contribution in [1.29, 1.82) is 0 Å². The van der Waals surface area contributed by atoms with E-state index in [2.05, 4.69) is 5.32 Å². The van der Waals surface area contributed by atoms with E-state index in [9.17, 15) is 4.79 Å². The van der Waals surface area contributed by atoms with Crippen molar-refractivity contribution < 1.29 is 4.79 Å². The van der Waals surface area contributed by atoms with Crippen molar-refractivity contribution in [2.24, 2.45) is 28.9 Å². The van der Waals surface area contributed by atoms with Crippen LogP contribution in [0, 0.1) is 23.2 Å². The first-order valence-electron chi connectivity index (χ1n) is 7.67. The second-order valence-corrected chi connectivity index (χ2v) is 6.97. The average molecular weight is 250 g/mol. The van der Waals surface area contributed by atoms with Crippen LogP contribution in [0.25, 0.3) is 0 Å². The van der Waals surface area contributed by atoms with Crippen LogP contribution in [0.2, 0.25) is 0 Å². The van der Waals surface area contributed by atoms with E-state index in [0.29, 0.717) is 13.0 Å². The van der Waals surface area contributed by atoms with Crippen molar-refractivity contribution in [1.82, 2.24) is 5.32 Å². The van der Waals surface area contributed by atoms with Gasteiger partial charge < -0.3 is 11.1 Å². The SMILES string of the molecule is NCC1(CC(=O)NCC2CC3CCC2C3)CCC1. The number of hydrogen-bond donors (Lipinski definition) is 2. The van der Waals surface area contributed by atoms with Gasteiger partial charge in [-0.05, 0) is 61.8 Å².